The van der Waals surface area contributed by atoms with Crippen LogP contribution in [0.2, 0.25) is 0 Å². The Morgan fingerprint density at radius 3 is 2.26 bits per heavy atom. The van der Waals surface area contributed by atoms with E-state index >= 15 is 0 Å². The Morgan fingerprint density at radius 2 is 1.69 bits per heavy atom. The van der Waals surface area contributed by atoms with E-state index < -0.39 is 28.9 Å². The number of amides is 1. The van der Waals surface area contributed by atoms with Gasteiger partial charge in [-0.1, -0.05) is 18.2 Å². The molecule has 1 saturated heterocycles. The minimum atomic E-state index is -4.80. The van der Waals surface area contributed by atoms with Crippen LogP contribution in [-0.4, -0.2) is 21.5 Å². The number of alkyl halides is 3. The monoisotopic (exact) mass is 494 g/mol. The van der Waals surface area contributed by atoms with Gasteiger partial charge in [0, 0.05) is 5.69 Å². The molecule has 0 N–H and O–H groups in total. The van der Waals surface area contributed by atoms with E-state index in [1.54, 1.807) is 29.2 Å². The maximum absolute atomic E-state index is 13.5. The van der Waals surface area contributed by atoms with Gasteiger partial charge in [0.25, 0.3) is 5.91 Å². The van der Waals surface area contributed by atoms with Gasteiger partial charge in [-0.05, 0) is 73.9 Å². The van der Waals surface area contributed by atoms with E-state index in [9.17, 15) is 18.0 Å². The molecule has 0 atom stereocenters. The van der Waals surface area contributed by atoms with Crippen LogP contribution in [0.25, 0.3) is 0 Å². The number of nitrogens with zero attached hydrogens (tertiary/aromatic N) is 4. The molecule has 1 amide bonds. The third kappa shape index (κ3) is 3.78. The van der Waals surface area contributed by atoms with Gasteiger partial charge in [-0.2, -0.15) is 18.4 Å². The average Bonchev–Trinajstić information content (AvgIpc) is 3.06. The first kappa shape index (κ1) is 22.8. The number of thiocarbonyl (C=S) groups is 1. The van der Waals surface area contributed by atoms with Gasteiger partial charge >= 0.3 is 6.18 Å². The number of hydrogen-bond acceptors (Lipinski definition) is 5. The molecule has 1 aliphatic heterocycles. The molecule has 2 heterocycles. The Labute approximate surface area is 204 Å². The topological polar surface area (TPSA) is 69.5 Å². The molecular weight excluding hydrogens is 477 g/mol. The third-order valence-electron chi connectivity index (χ3n) is 6.21. The predicted octanol–water partition coefficient (Wildman–Crippen LogP) is 5.83. The molecule has 6 nitrogen and oxygen atoms in total. The fourth-order valence-electron chi connectivity index (χ4n) is 4.38. The minimum Gasteiger partial charge on any atom is -0.457 e. The van der Waals surface area contributed by atoms with Crippen molar-refractivity contribution >= 4 is 34.6 Å². The van der Waals surface area contributed by atoms with Crippen molar-refractivity contribution < 1.29 is 22.7 Å². The molecule has 2 aliphatic rings. The highest BCUT2D eigenvalue weighted by molar-refractivity contribution is 7.81. The first-order chi connectivity index (χ1) is 16.7. The van der Waals surface area contributed by atoms with Crippen molar-refractivity contribution in [2.45, 2.75) is 31.0 Å². The number of pyridine rings is 1. The summed E-state index contributed by atoms with van der Waals surface area (Å²) in [4.78, 5) is 20.0. The lowest BCUT2D eigenvalue weighted by molar-refractivity contribution is -0.138. The van der Waals surface area contributed by atoms with Crippen molar-refractivity contribution in [3.05, 3.63) is 78.1 Å². The standard InChI is InChI=1S/C25H17F3N4O2S/c26-25(27,28)20-13-17(15-30-21(20)14-29)31-22(33)24(11-4-12-24)32(23(31)35)16-7-9-19(10-8-16)34-18-5-2-1-3-6-18/h1-3,5-10,13,15H,4,11-12H2. The molecule has 10 heteroatoms. The number of anilines is 2. The molecule has 35 heavy (non-hydrogen) atoms. The fourth-order valence-corrected chi connectivity index (χ4v) is 4.85. The van der Waals surface area contributed by atoms with Crippen LogP contribution in [0.3, 0.4) is 0 Å². The Morgan fingerprint density at radius 1 is 1.03 bits per heavy atom. The molecule has 2 aromatic carbocycles. The Bertz CT molecular complexity index is 1350. The van der Waals surface area contributed by atoms with E-state index in [1.165, 1.54) is 6.07 Å². The number of aromatic nitrogens is 1. The van der Waals surface area contributed by atoms with E-state index in [0.717, 1.165) is 23.6 Å². The predicted molar refractivity (Wildman–Crippen MR) is 126 cm³/mol. The molecule has 0 radical (unpaired) electrons. The first-order valence-corrected chi connectivity index (χ1v) is 11.1. The average molecular weight is 494 g/mol. The third-order valence-corrected chi connectivity index (χ3v) is 6.57. The van der Waals surface area contributed by atoms with Gasteiger partial charge in [-0.3, -0.25) is 9.69 Å². The van der Waals surface area contributed by atoms with Gasteiger partial charge in [-0.15, -0.1) is 0 Å². The number of benzene rings is 2. The molecular formula is C25H17F3N4O2S. The van der Waals surface area contributed by atoms with Gasteiger partial charge in [0.2, 0.25) is 0 Å². The minimum absolute atomic E-state index is 0.0612. The van der Waals surface area contributed by atoms with Gasteiger partial charge < -0.3 is 9.64 Å². The van der Waals surface area contributed by atoms with Crippen molar-refractivity contribution in [2.24, 2.45) is 0 Å². The van der Waals surface area contributed by atoms with Crippen LogP contribution in [0.1, 0.15) is 30.5 Å². The van der Waals surface area contributed by atoms with Crippen LogP contribution in [0.4, 0.5) is 24.5 Å². The molecule has 5 rings (SSSR count). The summed E-state index contributed by atoms with van der Waals surface area (Å²) in [6.45, 7) is 0. The zero-order chi connectivity index (χ0) is 24.8. The van der Waals surface area contributed by atoms with Gasteiger partial charge in [0.05, 0.1) is 17.4 Å². The summed E-state index contributed by atoms with van der Waals surface area (Å²) in [5.74, 6) is 0.850. The highest BCUT2D eigenvalue weighted by atomic mass is 32.1. The zero-order valence-corrected chi connectivity index (χ0v) is 18.9. The second-order valence-electron chi connectivity index (χ2n) is 8.25. The van der Waals surface area contributed by atoms with Crippen LogP contribution >= 0.6 is 12.2 Å². The second-order valence-corrected chi connectivity index (χ2v) is 8.62. The molecule has 176 valence electrons. The molecule has 0 unspecified atom stereocenters. The molecule has 0 bridgehead atoms. The summed E-state index contributed by atoms with van der Waals surface area (Å²) in [5.41, 5.74) is -2.43. The number of para-hydroxylation sites is 1. The zero-order valence-electron chi connectivity index (χ0n) is 18.1. The fraction of sp³-hybridized carbons (Fsp3) is 0.200. The maximum atomic E-state index is 13.5. The molecule has 1 aliphatic carbocycles. The number of ether oxygens (including phenoxy) is 1. The number of nitriles is 1. The van der Waals surface area contributed by atoms with Crippen molar-refractivity contribution in [2.75, 3.05) is 9.80 Å². The Kier molecular flexibility index (Phi) is 5.44. The summed E-state index contributed by atoms with van der Waals surface area (Å²) in [7, 11) is 0. The molecule has 1 aromatic heterocycles. The summed E-state index contributed by atoms with van der Waals surface area (Å²) in [5, 5.41) is 9.10. The van der Waals surface area contributed by atoms with E-state index in [0.29, 0.717) is 30.0 Å². The van der Waals surface area contributed by atoms with E-state index in [4.69, 9.17) is 22.2 Å². The van der Waals surface area contributed by atoms with Crippen molar-refractivity contribution in [1.82, 2.24) is 4.98 Å². The van der Waals surface area contributed by atoms with Crippen LogP contribution < -0.4 is 14.5 Å². The van der Waals surface area contributed by atoms with Gasteiger partial charge in [-0.25, -0.2) is 4.98 Å². The van der Waals surface area contributed by atoms with Gasteiger partial charge in [0.1, 0.15) is 23.1 Å². The van der Waals surface area contributed by atoms with E-state index in [1.807, 2.05) is 30.3 Å². The number of halogens is 3. The number of hydrogen-bond donors (Lipinski definition) is 0. The van der Waals surface area contributed by atoms with Crippen LogP contribution in [0, 0.1) is 11.3 Å². The quantitative estimate of drug-likeness (QED) is 0.426. The van der Waals surface area contributed by atoms with Crippen molar-refractivity contribution in [3.8, 4) is 17.6 Å². The lowest BCUT2D eigenvalue weighted by Crippen LogP contribution is -2.55. The summed E-state index contributed by atoms with van der Waals surface area (Å²) < 4.78 is 46.4. The second kappa shape index (κ2) is 8.36. The van der Waals surface area contributed by atoms with Crippen molar-refractivity contribution in [3.63, 3.8) is 0 Å². The van der Waals surface area contributed by atoms with E-state index in [2.05, 4.69) is 4.98 Å². The highest BCUT2D eigenvalue weighted by Crippen LogP contribution is 2.48. The lowest BCUT2D eigenvalue weighted by Gasteiger charge is -2.43. The van der Waals surface area contributed by atoms with Crippen LogP contribution in [0.15, 0.2) is 66.9 Å². The maximum Gasteiger partial charge on any atom is 0.419 e. The smallest absolute Gasteiger partial charge is 0.419 e. The Hall–Kier alpha value is -3.97. The lowest BCUT2D eigenvalue weighted by atomic mass is 9.75. The Balaban J connectivity index is 1.49. The summed E-state index contributed by atoms with van der Waals surface area (Å²) >= 11 is 5.61. The molecule has 1 spiro atoms. The van der Waals surface area contributed by atoms with Crippen LogP contribution in [0.5, 0.6) is 11.5 Å². The highest BCUT2D eigenvalue weighted by Gasteiger charge is 2.59. The molecule has 1 saturated carbocycles. The van der Waals surface area contributed by atoms with E-state index in [-0.39, 0.29) is 10.8 Å². The van der Waals surface area contributed by atoms with Gasteiger partial charge in [0.15, 0.2) is 10.8 Å². The number of rotatable bonds is 4. The normalized spacial score (nSPS) is 16.9. The van der Waals surface area contributed by atoms with Crippen LogP contribution in [-0.2, 0) is 11.0 Å². The number of carbonyl (C=O) groups is 1. The number of carbonyl (C=O) groups excluding carboxylic acids is 1. The summed E-state index contributed by atoms with van der Waals surface area (Å²) in [6, 6.07) is 18.5. The summed E-state index contributed by atoms with van der Waals surface area (Å²) in [6.07, 6.45) is -1.92. The largest absolute Gasteiger partial charge is 0.457 e. The molecule has 2 fully saturated rings. The SMILES string of the molecule is N#Cc1ncc(N2C(=O)C3(CCC3)N(c3ccc(Oc4ccccc4)cc3)C2=S)cc1C(F)(F)F. The molecule has 3 aromatic rings. The van der Waals surface area contributed by atoms with Crippen molar-refractivity contribution in [1.29, 1.82) is 5.26 Å². The first-order valence-electron chi connectivity index (χ1n) is 10.7.